The number of phenolic OH excluding ortho intramolecular Hbond substituents is 1. The second kappa shape index (κ2) is 7.79. The average Bonchev–Trinajstić information content (AvgIpc) is 2.45. The van der Waals surface area contributed by atoms with Crippen molar-refractivity contribution in [2.24, 2.45) is 5.41 Å². The van der Waals surface area contributed by atoms with Crippen molar-refractivity contribution in [2.45, 2.75) is 19.9 Å². The number of para-hydroxylation sites is 1. The molecular formula is C15H24BrClN2O2. The zero-order valence-electron chi connectivity index (χ0n) is 12.5. The highest BCUT2D eigenvalue weighted by Crippen LogP contribution is 2.43. The number of hydrogen-bond acceptors (Lipinski definition) is 4. The third-order valence-electron chi connectivity index (χ3n) is 3.98. The Morgan fingerprint density at radius 1 is 1.33 bits per heavy atom. The Morgan fingerprint density at radius 3 is 2.52 bits per heavy atom. The second-order valence-electron chi connectivity index (χ2n) is 6.01. The number of aromatic hydroxyl groups is 1. The average molecular weight is 380 g/mol. The van der Waals surface area contributed by atoms with Crippen molar-refractivity contribution >= 4 is 28.3 Å². The fraction of sp³-hybridized carbons (Fsp3) is 0.600. The molecule has 1 fully saturated rings. The monoisotopic (exact) mass is 378 g/mol. The molecule has 21 heavy (non-hydrogen) atoms. The van der Waals surface area contributed by atoms with E-state index >= 15 is 0 Å². The summed E-state index contributed by atoms with van der Waals surface area (Å²) in [4.78, 5) is 2.34. The molecule has 3 N–H and O–H groups in total. The maximum atomic E-state index is 10.4. The van der Waals surface area contributed by atoms with Gasteiger partial charge in [-0.15, -0.1) is 12.4 Å². The number of nitrogens with zero attached hydrogens (tertiary/aromatic N) is 1. The lowest BCUT2D eigenvalue weighted by atomic mass is 9.79. The van der Waals surface area contributed by atoms with Gasteiger partial charge in [-0.05, 0) is 22.0 Å². The van der Waals surface area contributed by atoms with Gasteiger partial charge >= 0.3 is 0 Å². The van der Waals surface area contributed by atoms with Crippen LogP contribution in [0.1, 0.15) is 25.5 Å². The molecule has 0 aromatic heterocycles. The smallest absolute Gasteiger partial charge is 0.134 e. The lowest BCUT2D eigenvalue weighted by Crippen LogP contribution is -2.49. The minimum atomic E-state index is -0.324. The van der Waals surface area contributed by atoms with Crippen molar-refractivity contribution in [2.75, 3.05) is 32.8 Å². The van der Waals surface area contributed by atoms with Crippen LogP contribution in [-0.4, -0.2) is 47.9 Å². The molecule has 1 aromatic carbocycles. The van der Waals surface area contributed by atoms with E-state index in [1.165, 1.54) is 0 Å². The molecule has 0 radical (unpaired) electrons. The summed E-state index contributed by atoms with van der Waals surface area (Å²) in [6, 6.07) is 5.71. The summed E-state index contributed by atoms with van der Waals surface area (Å²) in [5.74, 6) is 0.276. The van der Waals surface area contributed by atoms with Gasteiger partial charge < -0.3 is 15.5 Å². The molecule has 1 saturated heterocycles. The number of piperazine rings is 1. The highest BCUT2D eigenvalue weighted by molar-refractivity contribution is 9.10. The molecule has 0 amide bonds. The zero-order valence-corrected chi connectivity index (χ0v) is 14.9. The van der Waals surface area contributed by atoms with Crippen molar-refractivity contribution in [3.63, 3.8) is 0 Å². The quantitative estimate of drug-likeness (QED) is 0.752. The molecule has 4 nitrogen and oxygen atoms in total. The predicted molar refractivity (Wildman–Crippen MR) is 91.1 cm³/mol. The molecule has 0 unspecified atom stereocenters. The summed E-state index contributed by atoms with van der Waals surface area (Å²) >= 11 is 3.38. The van der Waals surface area contributed by atoms with E-state index in [1.807, 2.05) is 32.0 Å². The predicted octanol–water partition coefficient (Wildman–Crippen LogP) is 2.54. The largest absolute Gasteiger partial charge is 0.506 e. The first kappa shape index (κ1) is 18.7. The lowest BCUT2D eigenvalue weighted by molar-refractivity contribution is 0.0292. The van der Waals surface area contributed by atoms with Crippen LogP contribution >= 0.6 is 28.3 Å². The Hall–Kier alpha value is -0.330. The summed E-state index contributed by atoms with van der Waals surface area (Å²) in [5.41, 5.74) is 0.552. The molecule has 0 spiro atoms. The van der Waals surface area contributed by atoms with Gasteiger partial charge in [0.05, 0.1) is 4.47 Å². The van der Waals surface area contributed by atoms with Gasteiger partial charge in [-0.25, -0.2) is 0 Å². The first-order chi connectivity index (χ1) is 9.47. The number of hydrogen-bond donors (Lipinski definition) is 3. The molecule has 1 aliphatic rings. The molecule has 1 aromatic rings. The Bertz CT molecular complexity index is 465. The normalized spacial score (nSPS) is 18.1. The summed E-state index contributed by atoms with van der Waals surface area (Å²) in [6.07, 6.45) is 0. The summed E-state index contributed by atoms with van der Waals surface area (Å²) in [7, 11) is 0. The van der Waals surface area contributed by atoms with Gasteiger partial charge in [0.1, 0.15) is 5.75 Å². The molecule has 2 rings (SSSR count). The van der Waals surface area contributed by atoms with Crippen LogP contribution in [0, 0.1) is 5.41 Å². The second-order valence-corrected chi connectivity index (χ2v) is 6.87. The Morgan fingerprint density at radius 2 is 1.95 bits per heavy atom. The number of halogens is 2. The van der Waals surface area contributed by atoms with E-state index in [2.05, 4.69) is 26.1 Å². The van der Waals surface area contributed by atoms with E-state index in [0.29, 0.717) is 4.47 Å². The van der Waals surface area contributed by atoms with Gasteiger partial charge in [0, 0.05) is 49.8 Å². The molecule has 1 aliphatic heterocycles. The lowest BCUT2D eigenvalue weighted by Gasteiger charge is -2.43. The van der Waals surface area contributed by atoms with Crippen LogP contribution in [0.4, 0.5) is 0 Å². The van der Waals surface area contributed by atoms with E-state index in [1.54, 1.807) is 0 Å². The van der Waals surface area contributed by atoms with Crippen molar-refractivity contribution in [3.8, 4) is 5.75 Å². The zero-order chi connectivity index (χ0) is 14.8. The topological polar surface area (TPSA) is 55.7 Å². The van der Waals surface area contributed by atoms with Gasteiger partial charge in [-0.2, -0.15) is 0 Å². The number of aliphatic hydroxyl groups is 1. The SMILES string of the molecule is CC(C)(CO)[C@H](c1cccc(Br)c1O)N1CCNCC1.Cl. The molecule has 6 heteroatoms. The standard InChI is InChI=1S/C15H23BrN2O2.ClH/c1-15(2,10-19)14(18-8-6-17-7-9-18)11-4-3-5-12(16)13(11)20;/h3-5,14,17,19-20H,6-10H2,1-2H3;1H/t14-;/m0./s1. The van der Waals surface area contributed by atoms with Gasteiger partial charge in [0.25, 0.3) is 0 Å². The number of rotatable bonds is 4. The molecule has 0 bridgehead atoms. The van der Waals surface area contributed by atoms with Gasteiger partial charge in [0.2, 0.25) is 0 Å². The van der Waals surface area contributed by atoms with Gasteiger partial charge in [-0.1, -0.05) is 26.0 Å². The van der Waals surface area contributed by atoms with E-state index < -0.39 is 0 Å². The van der Waals surface area contributed by atoms with Crippen LogP contribution in [-0.2, 0) is 0 Å². The highest BCUT2D eigenvalue weighted by Gasteiger charge is 2.37. The summed E-state index contributed by atoms with van der Waals surface area (Å²) < 4.78 is 0.698. The first-order valence-corrected chi connectivity index (χ1v) is 7.79. The van der Waals surface area contributed by atoms with Gasteiger partial charge in [-0.3, -0.25) is 4.90 Å². The summed E-state index contributed by atoms with van der Waals surface area (Å²) in [5, 5.41) is 23.5. The first-order valence-electron chi connectivity index (χ1n) is 7.00. The van der Waals surface area contributed by atoms with Crippen LogP contribution in [0.2, 0.25) is 0 Å². The Balaban J connectivity index is 0.00000220. The molecule has 1 atom stereocenters. The minimum Gasteiger partial charge on any atom is -0.506 e. The van der Waals surface area contributed by atoms with Crippen molar-refractivity contribution in [3.05, 3.63) is 28.2 Å². The van der Waals surface area contributed by atoms with Crippen LogP contribution < -0.4 is 5.32 Å². The third-order valence-corrected chi connectivity index (χ3v) is 4.62. The van der Waals surface area contributed by atoms with Crippen LogP contribution in [0.25, 0.3) is 0 Å². The van der Waals surface area contributed by atoms with Crippen LogP contribution in [0.3, 0.4) is 0 Å². The molecular weight excluding hydrogens is 356 g/mol. The Kier molecular flexibility index (Phi) is 6.94. The number of aliphatic hydroxyl groups excluding tert-OH is 1. The molecule has 0 saturated carbocycles. The number of nitrogens with one attached hydrogen (secondary N) is 1. The fourth-order valence-electron chi connectivity index (χ4n) is 2.89. The molecule has 120 valence electrons. The molecule has 0 aliphatic carbocycles. The number of benzene rings is 1. The van der Waals surface area contributed by atoms with E-state index in [9.17, 15) is 10.2 Å². The maximum Gasteiger partial charge on any atom is 0.134 e. The minimum absolute atomic E-state index is 0. The maximum absolute atomic E-state index is 10.4. The van der Waals surface area contributed by atoms with Gasteiger partial charge in [0.15, 0.2) is 0 Å². The van der Waals surface area contributed by atoms with Crippen LogP contribution in [0.15, 0.2) is 22.7 Å². The highest BCUT2D eigenvalue weighted by atomic mass is 79.9. The fourth-order valence-corrected chi connectivity index (χ4v) is 3.27. The summed E-state index contributed by atoms with van der Waals surface area (Å²) in [6.45, 7) is 7.87. The Labute approximate surface area is 141 Å². The molecule has 1 heterocycles. The van der Waals surface area contributed by atoms with Crippen molar-refractivity contribution in [1.82, 2.24) is 10.2 Å². The third kappa shape index (κ3) is 4.11. The van der Waals surface area contributed by atoms with Crippen molar-refractivity contribution in [1.29, 1.82) is 0 Å². The number of phenols is 1. The van der Waals surface area contributed by atoms with E-state index in [4.69, 9.17) is 0 Å². The van der Waals surface area contributed by atoms with Crippen LogP contribution in [0.5, 0.6) is 5.75 Å². The van der Waals surface area contributed by atoms with E-state index in [0.717, 1.165) is 31.7 Å². The van der Waals surface area contributed by atoms with Crippen molar-refractivity contribution < 1.29 is 10.2 Å². The van der Waals surface area contributed by atoms with E-state index in [-0.39, 0.29) is 36.2 Å².